The van der Waals surface area contributed by atoms with Crippen LogP contribution in [-0.2, 0) is 14.3 Å². The number of nitrogens with one attached hydrogen (secondary N) is 1. The highest BCUT2D eigenvalue weighted by atomic mass is 16.6. The summed E-state index contributed by atoms with van der Waals surface area (Å²) in [6, 6.07) is 16.7. The molecule has 2 aromatic carbocycles. The maximum Gasteiger partial charge on any atom is 0.407 e. The van der Waals surface area contributed by atoms with Crippen molar-refractivity contribution in [2.24, 2.45) is 0 Å². The molecule has 0 saturated heterocycles. The van der Waals surface area contributed by atoms with Crippen molar-refractivity contribution in [2.75, 3.05) is 13.2 Å². The second kappa shape index (κ2) is 12.3. The van der Waals surface area contributed by atoms with Gasteiger partial charge in [0.15, 0.2) is 0 Å². The molecule has 2 aromatic rings. The number of fused-ring (bicyclic) bond motifs is 3. The molecule has 1 N–H and O–H groups in total. The van der Waals surface area contributed by atoms with Gasteiger partial charge in [0.2, 0.25) is 0 Å². The second-order valence-electron chi connectivity index (χ2n) is 8.90. The first-order valence-corrected chi connectivity index (χ1v) is 11.6. The van der Waals surface area contributed by atoms with Gasteiger partial charge in [0, 0.05) is 18.9 Å². The Morgan fingerprint density at radius 3 is 1.97 bits per heavy atom. The number of ether oxygens (including phenoxy) is 2. The van der Waals surface area contributed by atoms with Crippen LogP contribution in [0.5, 0.6) is 0 Å². The molecule has 32 heavy (non-hydrogen) atoms. The third-order valence-corrected chi connectivity index (χ3v) is 5.11. The Labute approximate surface area is 192 Å². The molecular weight excluding hydrogens is 402 g/mol. The molecule has 5 nitrogen and oxygen atoms in total. The van der Waals surface area contributed by atoms with Crippen molar-refractivity contribution in [3.8, 4) is 11.1 Å². The zero-order valence-corrected chi connectivity index (χ0v) is 20.1. The zero-order valence-electron chi connectivity index (χ0n) is 20.1. The van der Waals surface area contributed by atoms with Crippen LogP contribution in [0.15, 0.2) is 48.5 Å². The smallest absolute Gasteiger partial charge is 0.407 e. The first-order valence-electron chi connectivity index (χ1n) is 11.6. The largest absolute Gasteiger partial charge is 0.465 e. The van der Waals surface area contributed by atoms with E-state index in [2.05, 4.69) is 48.6 Å². The number of hydrogen-bond acceptors (Lipinski definition) is 4. The molecule has 174 valence electrons. The molecule has 0 radical (unpaired) electrons. The summed E-state index contributed by atoms with van der Waals surface area (Å²) in [5.41, 5.74) is 4.64. The Morgan fingerprint density at radius 2 is 1.47 bits per heavy atom. The van der Waals surface area contributed by atoms with E-state index in [0.29, 0.717) is 19.6 Å². The Hall–Kier alpha value is -2.82. The minimum Gasteiger partial charge on any atom is -0.465 e. The van der Waals surface area contributed by atoms with Crippen molar-refractivity contribution in [3.63, 3.8) is 0 Å². The van der Waals surface area contributed by atoms with Crippen molar-refractivity contribution < 1.29 is 19.1 Å². The van der Waals surface area contributed by atoms with Crippen LogP contribution in [0.1, 0.15) is 77.3 Å². The number of carbonyl (C=O) groups excluding carboxylic acids is 2. The number of hydrogen-bond donors (Lipinski definition) is 1. The van der Waals surface area contributed by atoms with Crippen LogP contribution >= 0.6 is 0 Å². The lowest BCUT2D eigenvalue weighted by Crippen LogP contribution is -2.32. The predicted molar refractivity (Wildman–Crippen MR) is 129 cm³/mol. The van der Waals surface area contributed by atoms with E-state index in [1.54, 1.807) is 0 Å². The minimum absolute atomic E-state index is 0.137. The van der Waals surface area contributed by atoms with Gasteiger partial charge in [-0.2, -0.15) is 0 Å². The van der Waals surface area contributed by atoms with Crippen molar-refractivity contribution in [3.05, 3.63) is 59.7 Å². The molecule has 0 aromatic heterocycles. The molecule has 0 bridgehead atoms. The number of esters is 1. The highest BCUT2D eigenvalue weighted by Crippen LogP contribution is 2.44. The predicted octanol–water partition coefficient (Wildman–Crippen LogP) is 6.45. The maximum atomic E-state index is 11.4. The topological polar surface area (TPSA) is 64.6 Å². The molecule has 0 fully saturated rings. The Morgan fingerprint density at radius 1 is 0.906 bits per heavy atom. The van der Waals surface area contributed by atoms with Crippen LogP contribution in [0, 0.1) is 0 Å². The maximum absolute atomic E-state index is 11.4. The Kier molecular flexibility index (Phi) is 9.76. The third kappa shape index (κ3) is 7.70. The molecule has 0 spiro atoms. The van der Waals surface area contributed by atoms with Gasteiger partial charge in [-0.25, -0.2) is 4.79 Å². The molecule has 1 aliphatic rings. The number of alkyl carbamates (subject to hydrolysis) is 1. The molecule has 5 heteroatoms. The number of carbonyl (C=O) groups is 2. The van der Waals surface area contributed by atoms with Crippen LogP contribution in [0.25, 0.3) is 11.1 Å². The Balaban J connectivity index is 0.000000247. The van der Waals surface area contributed by atoms with E-state index in [1.807, 2.05) is 39.8 Å². The molecule has 1 amide bonds. The van der Waals surface area contributed by atoms with Gasteiger partial charge in [-0.1, -0.05) is 75.2 Å². The SMILES string of the molecule is CCC(=O)OCC1c2ccccc2-c2ccccc21.CCCCCNC(=O)OC(C)(C)C. The van der Waals surface area contributed by atoms with Crippen LogP contribution < -0.4 is 5.32 Å². The van der Waals surface area contributed by atoms with Gasteiger partial charge < -0.3 is 14.8 Å². The molecular formula is C27H37NO4. The summed E-state index contributed by atoms with van der Waals surface area (Å²) in [6.07, 6.45) is 3.45. The summed E-state index contributed by atoms with van der Waals surface area (Å²) < 4.78 is 10.4. The van der Waals surface area contributed by atoms with Crippen LogP contribution in [0.2, 0.25) is 0 Å². The summed E-state index contributed by atoms with van der Waals surface area (Å²) in [5, 5.41) is 2.71. The van der Waals surface area contributed by atoms with Crippen molar-refractivity contribution in [1.82, 2.24) is 5.32 Å². The average Bonchev–Trinajstić information content (AvgIpc) is 3.08. The van der Waals surface area contributed by atoms with Crippen LogP contribution in [0.4, 0.5) is 4.79 Å². The van der Waals surface area contributed by atoms with E-state index in [0.717, 1.165) is 19.3 Å². The van der Waals surface area contributed by atoms with Gasteiger partial charge in [-0.15, -0.1) is 0 Å². The van der Waals surface area contributed by atoms with Gasteiger partial charge in [-0.3, -0.25) is 4.79 Å². The van der Waals surface area contributed by atoms with E-state index in [9.17, 15) is 9.59 Å². The average molecular weight is 440 g/mol. The lowest BCUT2D eigenvalue weighted by molar-refractivity contribution is -0.143. The highest BCUT2D eigenvalue weighted by molar-refractivity contribution is 5.79. The molecule has 0 unspecified atom stereocenters. The van der Waals surface area contributed by atoms with Gasteiger partial charge in [0.1, 0.15) is 12.2 Å². The molecule has 0 saturated carbocycles. The lowest BCUT2D eigenvalue weighted by Gasteiger charge is -2.19. The lowest BCUT2D eigenvalue weighted by atomic mass is 9.98. The van der Waals surface area contributed by atoms with Gasteiger partial charge >= 0.3 is 12.1 Å². The summed E-state index contributed by atoms with van der Waals surface area (Å²) in [4.78, 5) is 22.5. The molecule has 0 atom stereocenters. The van der Waals surface area contributed by atoms with Crippen molar-refractivity contribution in [1.29, 1.82) is 0 Å². The molecule has 0 aliphatic heterocycles. The second-order valence-corrected chi connectivity index (χ2v) is 8.90. The number of unbranched alkanes of at least 4 members (excludes halogenated alkanes) is 2. The standard InChI is InChI=1S/C17H16O2.C10H21NO2/c1-2-17(18)19-11-16-14-9-5-3-7-12(14)13-8-4-6-10-15(13)16;1-5-6-7-8-11-9(12)13-10(2,3)4/h3-10,16H,2,11H2,1H3;5-8H2,1-4H3,(H,11,12). The fraction of sp³-hybridized carbons (Fsp3) is 0.481. The normalized spacial score (nSPS) is 12.2. The van der Waals surface area contributed by atoms with E-state index in [1.165, 1.54) is 22.3 Å². The van der Waals surface area contributed by atoms with Crippen molar-refractivity contribution >= 4 is 12.1 Å². The molecule has 3 rings (SSSR count). The van der Waals surface area contributed by atoms with Gasteiger partial charge in [0.05, 0.1) is 0 Å². The summed E-state index contributed by atoms with van der Waals surface area (Å²) in [7, 11) is 0. The van der Waals surface area contributed by atoms with E-state index >= 15 is 0 Å². The summed E-state index contributed by atoms with van der Waals surface area (Å²) >= 11 is 0. The molecule has 1 aliphatic carbocycles. The summed E-state index contributed by atoms with van der Waals surface area (Å²) in [6.45, 7) is 10.7. The highest BCUT2D eigenvalue weighted by Gasteiger charge is 2.28. The van der Waals surface area contributed by atoms with Gasteiger partial charge in [-0.05, 0) is 49.4 Å². The summed E-state index contributed by atoms with van der Waals surface area (Å²) in [5.74, 6) is 0.0322. The van der Waals surface area contributed by atoms with Crippen LogP contribution in [0.3, 0.4) is 0 Å². The van der Waals surface area contributed by atoms with E-state index in [-0.39, 0.29) is 18.0 Å². The van der Waals surface area contributed by atoms with E-state index in [4.69, 9.17) is 9.47 Å². The number of amides is 1. The first-order chi connectivity index (χ1) is 15.3. The molecule has 0 heterocycles. The van der Waals surface area contributed by atoms with E-state index < -0.39 is 5.60 Å². The van der Waals surface area contributed by atoms with Crippen LogP contribution in [-0.4, -0.2) is 30.8 Å². The Bertz CT molecular complexity index is 840. The quantitative estimate of drug-likeness (QED) is 0.397. The van der Waals surface area contributed by atoms with Crippen molar-refractivity contribution in [2.45, 2.75) is 71.8 Å². The third-order valence-electron chi connectivity index (χ3n) is 5.11. The fourth-order valence-electron chi connectivity index (χ4n) is 3.60. The van der Waals surface area contributed by atoms with Gasteiger partial charge in [0.25, 0.3) is 0 Å². The monoisotopic (exact) mass is 439 g/mol. The number of rotatable bonds is 7. The zero-order chi connectivity index (χ0) is 23.6. The first kappa shape index (κ1) is 25.4. The number of benzene rings is 2. The minimum atomic E-state index is -0.394. The fourth-order valence-corrected chi connectivity index (χ4v) is 3.60.